The number of aromatic nitrogens is 2. The molecule has 31 heavy (non-hydrogen) atoms. The van der Waals surface area contributed by atoms with Gasteiger partial charge in [-0.1, -0.05) is 18.2 Å². The number of carbonyl (C=O) groups is 1. The van der Waals surface area contributed by atoms with Gasteiger partial charge in [0.2, 0.25) is 5.54 Å². The number of alkyl halides is 2. The van der Waals surface area contributed by atoms with Crippen molar-refractivity contribution >= 4 is 11.9 Å². The Bertz CT molecular complexity index is 1240. The molecule has 0 spiro atoms. The number of hydrogen-bond donors (Lipinski definition) is 1. The minimum Gasteiger partial charge on any atom is -0.369 e. The van der Waals surface area contributed by atoms with E-state index in [0.29, 0.717) is 22.3 Å². The summed E-state index contributed by atoms with van der Waals surface area (Å²) in [5, 5.41) is 9.15. The Morgan fingerprint density at radius 3 is 2.55 bits per heavy atom. The summed E-state index contributed by atoms with van der Waals surface area (Å²) in [7, 11) is 1.49. The van der Waals surface area contributed by atoms with E-state index < -0.39 is 17.9 Å². The van der Waals surface area contributed by atoms with Gasteiger partial charge in [0.05, 0.1) is 11.3 Å². The molecule has 0 aliphatic carbocycles. The van der Waals surface area contributed by atoms with Crippen LogP contribution in [0.2, 0.25) is 0 Å². The number of carbonyl (C=O) groups excluding carboxylic acids is 1. The standard InChI is InChI=1S/C22H16F2N6O/c1-30-20(31)22(29-21(30)26,18-6-5-15(12-28-18)19(23)24)17-4-2-3-14(8-17)16-7-13(9-25)10-27-11-16/h2-8,10-12,19H,1H3,(H2,26,29). The van der Waals surface area contributed by atoms with Crippen LogP contribution in [0.25, 0.3) is 11.1 Å². The first-order valence-electron chi connectivity index (χ1n) is 9.21. The van der Waals surface area contributed by atoms with Crippen LogP contribution in [0.3, 0.4) is 0 Å². The third kappa shape index (κ3) is 3.28. The molecule has 1 unspecified atom stereocenters. The number of hydrogen-bond acceptors (Lipinski definition) is 6. The van der Waals surface area contributed by atoms with Crippen LogP contribution in [0, 0.1) is 11.3 Å². The second kappa shape index (κ2) is 7.57. The summed E-state index contributed by atoms with van der Waals surface area (Å²) in [5.74, 6) is -0.466. The fourth-order valence-electron chi connectivity index (χ4n) is 3.48. The van der Waals surface area contributed by atoms with Gasteiger partial charge in [-0.3, -0.25) is 19.7 Å². The molecule has 1 aromatic carbocycles. The first-order valence-corrected chi connectivity index (χ1v) is 9.21. The molecule has 0 radical (unpaired) electrons. The summed E-state index contributed by atoms with van der Waals surface area (Å²) < 4.78 is 26.0. The highest BCUT2D eigenvalue weighted by Gasteiger charge is 2.50. The largest absolute Gasteiger partial charge is 0.369 e. The third-order valence-corrected chi connectivity index (χ3v) is 5.13. The first kappa shape index (κ1) is 20.1. The van der Waals surface area contributed by atoms with E-state index in [0.717, 1.165) is 6.20 Å². The minimum atomic E-state index is -2.68. The van der Waals surface area contributed by atoms with Gasteiger partial charge in [-0.15, -0.1) is 0 Å². The second-order valence-electron chi connectivity index (χ2n) is 6.98. The number of nitrogens with zero attached hydrogens (tertiary/aromatic N) is 5. The molecule has 2 N–H and O–H groups in total. The molecule has 1 aliphatic heterocycles. The molecule has 1 aliphatic rings. The Hall–Kier alpha value is -4.19. The van der Waals surface area contributed by atoms with Gasteiger partial charge < -0.3 is 5.73 Å². The van der Waals surface area contributed by atoms with Crippen LogP contribution in [-0.4, -0.2) is 33.8 Å². The van der Waals surface area contributed by atoms with Crippen LogP contribution < -0.4 is 5.73 Å². The number of likely N-dealkylation sites (N-methyl/N-ethyl adjacent to an activating group) is 1. The van der Waals surface area contributed by atoms with Crippen molar-refractivity contribution in [2.45, 2.75) is 12.0 Å². The van der Waals surface area contributed by atoms with Crippen molar-refractivity contribution in [3.8, 4) is 17.2 Å². The number of aliphatic imine (C=N–C) groups is 1. The molecule has 9 heteroatoms. The number of benzene rings is 1. The highest BCUT2D eigenvalue weighted by Crippen LogP contribution is 2.40. The van der Waals surface area contributed by atoms with Crippen LogP contribution in [0.5, 0.6) is 0 Å². The maximum Gasteiger partial charge on any atom is 0.267 e. The molecule has 2 aromatic heterocycles. The van der Waals surface area contributed by atoms with E-state index in [2.05, 4.69) is 15.0 Å². The summed E-state index contributed by atoms with van der Waals surface area (Å²) in [4.78, 5) is 27.1. The predicted molar refractivity (Wildman–Crippen MR) is 109 cm³/mol. The zero-order valence-corrected chi connectivity index (χ0v) is 16.3. The zero-order chi connectivity index (χ0) is 22.2. The van der Waals surface area contributed by atoms with Gasteiger partial charge in [0.1, 0.15) is 6.07 Å². The van der Waals surface area contributed by atoms with Crippen molar-refractivity contribution in [1.82, 2.24) is 14.9 Å². The van der Waals surface area contributed by atoms with Gasteiger partial charge in [0.25, 0.3) is 12.3 Å². The maximum atomic E-state index is 13.3. The summed E-state index contributed by atoms with van der Waals surface area (Å²) in [5.41, 5.74) is 6.46. The van der Waals surface area contributed by atoms with Crippen molar-refractivity contribution in [3.05, 3.63) is 83.4 Å². The summed E-state index contributed by atoms with van der Waals surface area (Å²) in [6.45, 7) is 0. The third-order valence-electron chi connectivity index (χ3n) is 5.13. The number of amides is 1. The van der Waals surface area contributed by atoms with E-state index in [1.165, 1.54) is 30.3 Å². The van der Waals surface area contributed by atoms with E-state index in [9.17, 15) is 13.6 Å². The van der Waals surface area contributed by atoms with Gasteiger partial charge >= 0.3 is 0 Å². The monoisotopic (exact) mass is 418 g/mol. The molecule has 0 saturated heterocycles. The van der Waals surface area contributed by atoms with Crippen LogP contribution in [0.1, 0.15) is 28.8 Å². The number of nitriles is 1. The molecule has 4 rings (SSSR count). The Kier molecular flexibility index (Phi) is 4.91. The fourth-order valence-corrected chi connectivity index (χ4v) is 3.48. The lowest BCUT2D eigenvalue weighted by Gasteiger charge is -2.25. The molecule has 3 heterocycles. The minimum absolute atomic E-state index is 0.0108. The number of rotatable bonds is 4. The molecule has 1 amide bonds. The van der Waals surface area contributed by atoms with Gasteiger partial charge in [-0.2, -0.15) is 5.26 Å². The lowest BCUT2D eigenvalue weighted by molar-refractivity contribution is -0.129. The van der Waals surface area contributed by atoms with Crippen LogP contribution >= 0.6 is 0 Å². The SMILES string of the molecule is CN1C(=O)C(c2cccc(-c3cncc(C#N)c3)c2)(c2ccc(C(F)F)cn2)N=C1N. The van der Waals surface area contributed by atoms with Gasteiger partial charge in [-0.05, 0) is 35.4 Å². The van der Waals surface area contributed by atoms with Crippen molar-refractivity contribution in [1.29, 1.82) is 5.26 Å². The van der Waals surface area contributed by atoms with E-state index in [1.807, 2.05) is 6.07 Å². The Balaban J connectivity index is 1.90. The fraction of sp³-hybridized carbons (Fsp3) is 0.136. The average molecular weight is 418 g/mol. The highest BCUT2D eigenvalue weighted by atomic mass is 19.3. The molecular weight excluding hydrogens is 402 g/mol. The summed E-state index contributed by atoms with van der Waals surface area (Å²) >= 11 is 0. The molecule has 0 saturated carbocycles. The first-order chi connectivity index (χ1) is 14.9. The van der Waals surface area contributed by atoms with Crippen LogP contribution in [0.4, 0.5) is 8.78 Å². The highest BCUT2D eigenvalue weighted by molar-refractivity contribution is 6.08. The van der Waals surface area contributed by atoms with Crippen molar-refractivity contribution in [2.24, 2.45) is 10.7 Å². The van der Waals surface area contributed by atoms with Crippen LogP contribution in [-0.2, 0) is 10.3 Å². The van der Waals surface area contributed by atoms with E-state index in [1.54, 1.807) is 36.5 Å². The smallest absolute Gasteiger partial charge is 0.267 e. The summed E-state index contributed by atoms with van der Waals surface area (Å²) in [6, 6.07) is 13.3. The molecule has 3 aromatic rings. The average Bonchev–Trinajstić information content (AvgIpc) is 3.04. The molecule has 0 bridgehead atoms. The summed E-state index contributed by atoms with van der Waals surface area (Å²) in [6.07, 6.45) is 1.39. The number of guanidine groups is 1. The van der Waals surface area contributed by atoms with Gasteiger partial charge in [0, 0.05) is 36.8 Å². The number of pyridine rings is 2. The van der Waals surface area contributed by atoms with E-state index in [-0.39, 0.29) is 17.2 Å². The Morgan fingerprint density at radius 2 is 1.94 bits per heavy atom. The number of nitrogens with two attached hydrogens (primary N) is 1. The van der Waals surface area contributed by atoms with Crippen molar-refractivity contribution in [2.75, 3.05) is 7.05 Å². The Labute approximate surface area is 176 Å². The molecule has 0 fully saturated rings. The molecular formula is C22H16F2N6O. The molecule has 1 atom stereocenters. The van der Waals surface area contributed by atoms with Gasteiger partial charge in [0.15, 0.2) is 5.96 Å². The predicted octanol–water partition coefficient (Wildman–Crippen LogP) is 2.98. The zero-order valence-electron chi connectivity index (χ0n) is 16.3. The topological polar surface area (TPSA) is 108 Å². The second-order valence-corrected chi connectivity index (χ2v) is 6.98. The normalized spacial score (nSPS) is 18.2. The molecule has 154 valence electrons. The van der Waals surface area contributed by atoms with Crippen molar-refractivity contribution < 1.29 is 13.6 Å². The van der Waals surface area contributed by atoms with Crippen molar-refractivity contribution in [3.63, 3.8) is 0 Å². The quantitative estimate of drug-likeness (QED) is 0.701. The van der Waals surface area contributed by atoms with E-state index >= 15 is 0 Å². The number of halogens is 2. The molecule has 7 nitrogen and oxygen atoms in total. The van der Waals surface area contributed by atoms with E-state index in [4.69, 9.17) is 11.0 Å². The maximum absolute atomic E-state index is 13.3. The van der Waals surface area contributed by atoms with Crippen LogP contribution in [0.15, 0.2) is 66.0 Å². The Morgan fingerprint density at radius 1 is 1.13 bits per heavy atom. The van der Waals surface area contributed by atoms with Gasteiger partial charge in [-0.25, -0.2) is 13.8 Å². The lowest BCUT2D eigenvalue weighted by atomic mass is 9.84. The lowest BCUT2D eigenvalue weighted by Crippen LogP contribution is -2.41.